The van der Waals surface area contributed by atoms with Crippen molar-refractivity contribution >= 4 is 5.78 Å². The van der Waals surface area contributed by atoms with Gasteiger partial charge in [-0.05, 0) is 37.0 Å². The summed E-state index contributed by atoms with van der Waals surface area (Å²) in [6.07, 6.45) is 5.99. The molecule has 3 rings (SSSR count). The summed E-state index contributed by atoms with van der Waals surface area (Å²) in [6.45, 7) is 2.35. The highest BCUT2D eigenvalue weighted by atomic mass is 16.1. The molecular formula is C10H14O. The molecule has 2 bridgehead atoms. The molecule has 1 nitrogen and oxygen atoms in total. The van der Waals surface area contributed by atoms with Crippen molar-refractivity contribution in [2.75, 3.05) is 0 Å². The summed E-state index contributed by atoms with van der Waals surface area (Å²) < 4.78 is 0. The molecule has 11 heavy (non-hydrogen) atoms. The van der Waals surface area contributed by atoms with Crippen LogP contribution in [0.15, 0.2) is 0 Å². The molecular weight excluding hydrogens is 136 g/mol. The van der Waals surface area contributed by atoms with Crippen LogP contribution in [-0.4, -0.2) is 5.78 Å². The average Bonchev–Trinajstić information content (AvgIpc) is 2.22. The van der Waals surface area contributed by atoms with Gasteiger partial charge in [-0.2, -0.15) is 0 Å². The van der Waals surface area contributed by atoms with Crippen LogP contribution in [0.25, 0.3) is 0 Å². The Balaban J connectivity index is 2.17. The summed E-state index contributed by atoms with van der Waals surface area (Å²) in [5.74, 6) is 1.37. The molecule has 3 saturated carbocycles. The second-order valence-corrected chi connectivity index (χ2v) is 4.86. The summed E-state index contributed by atoms with van der Waals surface area (Å²) >= 11 is 0. The minimum atomic E-state index is 0.206. The highest BCUT2D eigenvalue weighted by Gasteiger charge is 2.71. The Bertz CT molecular complexity index is 245. The van der Waals surface area contributed by atoms with Gasteiger partial charge in [0.25, 0.3) is 0 Å². The van der Waals surface area contributed by atoms with Gasteiger partial charge < -0.3 is 0 Å². The van der Waals surface area contributed by atoms with E-state index in [0.29, 0.717) is 11.2 Å². The van der Waals surface area contributed by atoms with E-state index in [1.807, 2.05) is 0 Å². The monoisotopic (exact) mass is 150 g/mol. The Hall–Kier alpha value is -0.330. The molecule has 0 amide bonds. The zero-order valence-corrected chi connectivity index (χ0v) is 7.02. The normalized spacial score (nSPS) is 59.4. The number of Topliss-reactive ketones (excluding diaryl/α,β-unsaturated/α-hetero) is 1. The summed E-state index contributed by atoms with van der Waals surface area (Å²) in [5.41, 5.74) is 0.668. The molecule has 0 aromatic heterocycles. The molecule has 0 heterocycles. The molecule has 0 aromatic carbocycles. The highest BCUT2D eigenvalue weighted by molar-refractivity contribution is 5.91. The maximum Gasteiger partial charge on any atom is 0.139 e. The zero-order valence-electron chi connectivity index (χ0n) is 7.02. The molecule has 60 valence electrons. The fraction of sp³-hybridized carbons (Fsp3) is 0.900. The molecule has 3 aliphatic carbocycles. The fourth-order valence-corrected chi connectivity index (χ4v) is 3.91. The number of hydrogen-bond donors (Lipinski definition) is 0. The lowest BCUT2D eigenvalue weighted by atomic mass is 9.53. The molecule has 3 atom stereocenters. The van der Waals surface area contributed by atoms with Gasteiger partial charge in [-0.25, -0.2) is 0 Å². The maximum atomic E-state index is 11.6. The lowest BCUT2D eigenvalue weighted by Gasteiger charge is -2.50. The third-order valence-electron chi connectivity index (χ3n) is 4.95. The molecule has 0 aliphatic heterocycles. The van der Waals surface area contributed by atoms with Crippen LogP contribution in [0.3, 0.4) is 0 Å². The minimum absolute atomic E-state index is 0.206. The molecule has 0 saturated heterocycles. The lowest BCUT2D eigenvalue weighted by Crippen LogP contribution is -2.47. The van der Waals surface area contributed by atoms with Gasteiger partial charge in [0.15, 0.2) is 0 Å². The van der Waals surface area contributed by atoms with Gasteiger partial charge in [0.05, 0.1) is 0 Å². The van der Waals surface area contributed by atoms with Crippen LogP contribution < -0.4 is 0 Å². The first-order valence-corrected chi connectivity index (χ1v) is 4.72. The van der Waals surface area contributed by atoms with Crippen molar-refractivity contribution in [1.29, 1.82) is 0 Å². The van der Waals surface area contributed by atoms with Crippen molar-refractivity contribution in [2.24, 2.45) is 16.7 Å². The number of hydrogen-bond acceptors (Lipinski definition) is 1. The summed E-state index contributed by atoms with van der Waals surface area (Å²) in [4.78, 5) is 11.6. The summed E-state index contributed by atoms with van der Waals surface area (Å²) in [7, 11) is 0. The van der Waals surface area contributed by atoms with Gasteiger partial charge in [0.1, 0.15) is 5.78 Å². The van der Waals surface area contributed by atoms with Gasteiger partial charge in [-0.15, -0.1) is 0 Å². The highest BCUT2D eigenvalue weighted by Crippen LogP contribution is 2.74. The Labute approximate surface area is 67.2 Å². The molecule has 3 fully saturated rings. The van der Waals surface area contributed by atoms with Crippen LogP contribution in [0.2, 0.25) is 0 Å². The molecule has 1 unspecified atom stereocenters. The number of carbonyl (C=O) groups excluding carboxylic acids is 1. The van der Waals surface area contributed by atoms with Crippen molar-refractivity contribution in [3.05, 3.63) is 0 Å². The van der Waals surface area contributed by atoms with Crippen molar-refractivity contribution in [3.8, 4) is 0 Å². The first kappa shape index (κ1) is 6.22. The smallest absolute Gasteiger partial charge is 0.139 e. The molecule has 3 aliphatic rings. The quantitative estimate of drug-likeness (QED) is 0.517. The number of carbonyl (C=O) groups is 1. The van der Waals surface area contributed by atoms with E-state index in [1.54, 1.807) is 0 Å². The fourth-order valence-electron chi connectivity index (χ4n) is 3.91. The van der Waals surface area contributed by atoms with E-state index in [2.05, 4.69) is 6.92 Å². The van der Waals surface area contributed by atoms with Gasteiger partial charge in [0.2, 0.25) is 0 Å². The Morgan fingerprint density at radius 3 is 2.45 bits per heavy atom. The average molecular weight is 150 g/mol. The maximum absolute atomic E-state index is 11.6. The van der Waals surface area contributed by atoms with E-state index >= 15 is 0 Å². The second kappa shape index (κ2) is 1.41. The van der Waals surface area contributed by atoms with Gasteiger partial charge >= 0.3 is 0 Å². The third-order valence-corrected chi connectivity index (χ3v) is 4.95. The van der Waals surface area contributed by atoms with E-state index in [-0.39, 0.29) is 5.41 Å². The lowest BCUT2D eigenvalue weighted by molar-refractivity contribution is -0.137. The minimum Gasteiger partial charge on any atom is -0.299 e. The SMILES string of the molecule is CC12CC[C@]13CC[C@@H]2CC3=O. The molecule has 1 heteroatoms. The van der Waals surface area contributed by atoms with Crippen molar-refractivity contribution in [2.45, 2.75) is 39.0 Å². The summed E-state index contributed by atoms with van der Waals surface area (Å²) in [5, 5.41) is 0. The van der Waals surface area contributed by atoms with Crippen LogP contribution in [0.4, 0.5) is 0 Å². The first-order valence-electron chi connectivity index (χ1n) is 4.72. The van der Waals surface area contributed by atoms with E-state index in [1.165, 1.54) is 25.7 Å². The van der Waals surface area contributed by atoms with Crippen LogP contribution in [0.1, 0.15) is 39.0 Å². The standard InChI is InChI=1S/C10H14O/c1-9-4-5-10(9)3-2-7(9)6-8(10)11/h7H,2-6H2,1H3/t7-,9?,10+/m1/s1. The van der Waals surface area contributed by atoms with Crippen molar-refractivity contribution in [1.82, 2.24) is 0 Å². The van der Waals surface area contributed by atoms with E-state index in [0.717, 1.165) is 12.3 Å². The van der Waals surface area contributed by atoms with E-state index in [9.17, 15) is 4.79 Å². The first-order chi connectivity index (χ1) is 5.19. The topological polar surface area (TPSA) is 17.1 Å². The third kappa shape index (κ3) is 0.401. The van der Waals surface area contributed by atoms with Crippen LogP contribution in [0.5, 0.6) is 0 Å². The van der Waals surface area contributed by atoms with Crippen LogP contribution in [0, 0.1) is 16.7 Å². The second-order valence-electron chi connectivity index (χ2n) is 4.86. The van der Waals surface area contributed by atoms with Gasteiger partial charge in [-0.1, -0.05) is 6.92 Å². The number of rotatable bonds is 0. The Morgan fingerprint density at radius 2 is 2.18 bits per heavy atom. The largest absolute Gasteiger partial charge is 0.299 e. The van der Waals surface area contributed by atoms with Gasteiger partial charge in [0, 0.05) is 11.8 Å². The van der Waals surface area contributed by atoms with Crippen LogP contribution in [-0.2, 0) is 4.79 Å². The van der Waals surface area contributed by atoms with Crippen molar-refractivity contribution in [3.63, 3.8) is 0 Å². The molecule has 0 spiro atoms. The molecule has 0 N–H and O–H groups in total. The van der Waals surface area contributed by atoms with E-state index < -0.39 is 0 Å². The summed E-state index contributed by atoms with van der Waals surface area (Å²) in [6, 6.07) is 0. The van der Waals surface area contributed by atoms with Crippen LogP contribution >= 0.6 is 0 Å². The number of ketones is 1. The molecule has 0 aromatic rings. The molecule has 0 radical (unpaired) electrons. The van der Waals surface area contributed by atoms with Crippen molar-refractivity contribution < 1.29 is 4.79 Å². The van der Waals surface area contributed by atoms with Gasteiger partial charge in [-0.3, -0.25) is 4.79 Å². The van der Waals surface area contributed by atoms with E-state index in [4.69, 9.17) is 0 Å². The Morgan fingerprint density at radius 1 is 1.36 bits per heavy atom. The predicted octanol–water partition coefficient (Wildman–Crippen LogP) is 2.16. The Kier molecular flexibility index (Phi) is 0.799. The zero-order chi connectivity index (χ0) is 7.69. The predicted molar refractivity (Wildman–Crippen MR) is 42.1 cm³/mol.